The van der Waals surface area contributed by atoms with Crippen molar-refractivity contribution in [1.29, 1.82) is 0 Å². The van der Waals surface area contributed by atoms with Gasteiger partial charge in [-0.05, 0) is 41.0 Å². The molecule has 0 bridgehead atoms. The smallest absolute Gasteiger partial charge is 0.410 e. The fourth-order valence-electron chi connectivity index (χ4n) is 1.16. The number of carbonyl (C=O) groups is 1. The van der Waals surface area contributed by atoms with E-state index in [9.17, 15) is 4.79 Å². The summed E-state index contributed by atoms with van der Waals surface area (Å²) in [7, 11) is 0. The molecule has 84 valence electrons. The van der Waals surface area contributed by atoms with E-state index in [1.165, 1.54) is 0 Å². The van der Waals surface area contributed by atoms with E-state index in [1.54, 1.807) is 4.90 Å². The maximum atomic E-state index is 11.7. The lowest BCUT2D eigenvalue weighted by atomic mass is 10.2. The van der Waals surface area contributed by atoms with Crippen LogP contribution in [0.4, 0.5) is 4.79 Å². The second-order valence-corrected chi connectivity index (χ2v) is 4.52. The van der Waals surface area contributed by atoms with Crippen LogP contribution in [0.5, 0.6) is 0 Å². The summed E-state index contributed by atoms with van der Waals surface area (Å²) in [6.07, 6.45) is 0.738. The van der Waals surface area contributed by atoms with E-state index in [4.69, 9.17) is 4.74 Å². The van der Waals surface area contributed by atoms with Gasteiger partial charge in [0.2, 0.25) is 0 Å². The molecule has 0 spiro atoms. The summed E-state index contributed by atoms with van der Waals surface area (Å²) in [4.78, 5) is 13.4. The zero-order valence-electron chi connectivity index (χ0n) is 10.3. The number of hydrogen-bond donors (Lipinski definition) is 0. The molecule has 0 heterocycles. The molecule has 0 aromatic carbocycles. The van der Waals surface area contributed by atoms with Gasteiger partial charge in [-0.2, -0.15) is 0 Å². The molecule has 0 aliphatic rings. The van der Waals surface area contributed by atoms with Crippen molar-refractivity contribution >= 4 is 6.09 Å². The van der Waals surface area contributed by atoms with Gasteiger partial charge in [0.1, 0.15) is 5.60 Å². The van der Waals surface area contributed by atoms with Crippen LogP contribution in [0.1, 0.15) is 48.0 Å². The highest BCUT2D eigenvalue weighted by atomic mass is 16.6. The third-order valence-electron chi connectivity index (χ3n) is 2.09. The minimum atomic E-state index is -0.405. The monoisotopic (exact) mass is 201 g/mol. The van der Waals surface area contributed by atoms with Crippen LogP contribution in [0, 0.1) is 0 Å². The average molecular weight is 201 g/mol. The molecular formula is C11H23NO2. The zero-order chi connectivity index (χ0) is 11.4. The Hall–Kier alpha value is -0.730. The second-order valence-electron chi connectivity index (χ2n) is 4.52. The Kier molecular flexibility index (Phi) is 4.95. The summed E-state index contributed by atoms with van der Waals surface area (Å²) in [6, 6.07) is 0.245. The van der Waals surface area contributed by atoms with E-state index in [1.807, 2.05) is 34.6 Å². The van der Waals surface area contributed by atoms with Crippen molar-refractivity contribution in [3.63, 3.8) is 0 Å². The molecule has 1 atom stereocenters. The molecule has 0 rings (SSSR count). The summed E-state index contributed by atoms with van der Waals surface area (Å²) in [5.41, 5.74) is -0.405. The standard InChI is InChI=1S/C11H23NO2/c1-7-9(3)12(8-2)10(13)14-11(4,5)6/h9H,7-8H2,1-6H3/t9-/m0/s1. The minimum Gasteiger partial charge on any atom is -0.444 e. The first-order chi connectivity index (χ1) is 6.31. The maximum absolute atomic E-state index is 11.7. The van der Waals surface area contributed by atoms with Gasteiger partial charge in [0.05, 0.1) is 0 Å². The number of nitrogens with zero attached hydrogens (tertiary/aromatic N) is 1. The van der Waals surface area contributed by atoms with Gasteiger partial charge in [-0.3, -0.25) is 0 Å². The normalized spacial score (nSPS) is 13.6. The molecule has 0 saturated carbocycles. The van der Waals surface area contributed by atoms with Crippen LogP contribution < -0.4 is 0 Å². The van der Waals surface area contributed by atoms with Crippen LogP contribution in [-0.4, -0.2) is 29.2 Å². The van der Waals surface area contributed by atoms with E-state index in [-0.39, 0.29) is 12.1 Å². The number of amides is 1. The van der Waals surface area contributed by atoms with Crippen LogP contribution in [0.2, 0.25) is 0 Å². The first-order valence-electron chi connectivity index (χ1n) is 5.31. The van der Waals surface area contributed by atoms with Gasteiger partial charge in [-0.1, -0.05) is 6.92 Å². The summed E-state index contributed by atoms with van der Waals surface area (Å²) in [5, 5.41) is 0. The number of carbonyl (C=O) groups excluding carboxylic acids is 1. The van der Waals surface area contributed by atoms with E-state index >= 15 is 0 Å². The highest BCUT2D eigenvalue weighted by Crippen LogP contribution is 2.12. The lowest BCUT2D eigenvalue weighted by molar-refractivity contribution is 0.0185. The SMILES string of the molecule is CC[C@H](C)N(CC)C(=O)OC(C)(C)C. The quantitative estimate of drug-likeness (QED) is 0.702. The average Bonchev–Trinajstić information content (AvgIpc) is 2.01. The molecule has 0 aliphatic carbocycles. The van der Waals surface area contributed by atoms with Gasteiger partial charge in [-0.25, -0.2) is 4.79 Å². The summed E-state index contributed by atoms with van der Waals surface area (Å²) in [5.74, 6) is 0. The summed E-state index contributed by atoms with van der Waals surface area (Å²) >= 11 is 0. The maximum Gasteiger partial charge on any atom is 0.410 e. The van der Waals surface area contributed by atoms with E-state index < -0.39 is 5.60 Å². The van der Waals surface area contributed by atoms with E-state index in [0.717, 1.165) is 6.42 Å². The van der Waals surface area contributed by atoms with Gasteiger partial charge in [0.15, 0.2) is 0 Å². The first kappa shape index (κ1) is 13.3. The molecule has 14 heavy (non-hydrogen) atoms. The highest BCUT2D eigenvalue weighted by Gasteiger charge is 2.23. The Morgan fingerprint density at radius 3 is 2.14 bits per heavy atom. The lowest BCUT2D eigenvalue weighted by Crippen LogP contribution is -2.41. The zero-order valence-corrected chi connectivity index (χ0v) is 10.3. The van der Waals surface area contributed by atoms with Crippen molar-refractivity contribution in [1.82, 2.24) is 4.90 Å². The predicted octanol–water partition coefficient (Wildman–Crippen LogP) is 3.04. The van der Waals surface area contributed by atoms with Crippen molar-refractivity contribution < 1.29 is 9.53 Å². The van der Waals surface area contributed by atoms with Gasteiger partial charge in [0.25, 0.3) is 0 Å². The molecule has 0 fully saturated rings. The Morgan fingerprint density at radius 2 is 1.86 bits per heavy atom. The van der Waals surface area contributed by atoms with Crippen molar-refractivity contribution in [3.05, 3.63) is 0 Å². The summed E-state index contributed by atoms with van der Waals surface area (Å²) < 4.78 is 5.30. The van der Waals surface area contributed by atoms with Crippen LogP contribution in [0.25, 0.3) is 0 Å². The van der Waals surface area contributed by atoms with Gasteiger partial charge < -0.3 is 9.64 Å². The van der Waals surface area contributed by atoms with Crippen LogP contribution in [0.3, 0.4) is 0 Å². The fraction of sp³-hybridized carbons (Fsp3) is 0.909. The number of hydrogen-bond acceptors (Lipinski definition) is 2. The van der Waals surface area contributed by atoms with Crippen molar-refractivity contribution in [2.45, 2.75) is 59.6 Å². The highest BCUT2D eigenvalue weighted by molar-refractivity contribution is 5.68. The largest absolute Gasteiger partial charge is 0.444 e. The van der Waals surface area contributed by atoms with Crippen LogP contribution in [0.15, 0.2) is 0 Å². The molecule has 0 saturated heterocycles. The van der Waals surface area contributed by atoms with Gasteiger partial charge in [0, 0.05) is 12.6 Å². The minimum absolute atomic E-state index is 0.214. The van der Waals surface area contributed by atoms with Gasteiger partial charge in [-0.15, -0.1) is 0 Å². The molecule has 0 unspecified atom stereocenters. The van der Waals surface area contributed by atoms with Crippen molar-refractivity contribution in [2.75, 3.05) is 6.54 Å². The molecule has 0 aliphatic heterocycles. The fourth-order valence-corrected chi connectivity index (χ4v) is 1.16. The number of ether oxygens (including phenoxy) is 1. The molecule has 0 radical (unpaired) electrons. The molecule has 3 nitrogen and oxygen atoms in total. The van der Waals surface area contributed by atoms with Crippen LogP contribution >= 0.6 is 0 Å². The van der Waals surface area contributed by atoms with Gasteiger partial charge >= 0.3 is 6.09 Å². The van der Waals surface area contributed by atoms with E-state index in [2.05, 4.69) is 6.92 Å². The van der Waals surface area contributed by atoms with E-state index in [0.29, 0.717) is 6.54 Å². The molecular weight excluding hydrogens is 178 g/mol. The third kappa shape index (κ3) is 4.49. The molecule has 0 aromatic heterocycles. The Balaban J connectivity index is 4.33. The predicted molar refractivity (Wildman–Crippen MR) is 58.4 cm³/mol. The van der Waals surface area contributed by atoms with Crippen molar-refractivity contribution in [2.24, 2.45) is 0 Å². The molecule has 1 amide bonds. The first-order valence-corrected chi connectivity index (χ1v) is 5.31. The Bertz CT molecular complexity index is 184. The molecule has 3 heteroatoms. The molecule has 0 aromatic rings. The summed E-state index contributed by atoms with van der Waals surface area (Å²) in [6.45, 7) is 12.4. The third-order valence-corrected chi connectivity index (χ3v) is 2.09. The Morgan fingerprint density at radius 1 is 1.36 bits per heavy atom. The topological polar surface area (TPSA) is 29.5 Å². The molecule has 0 N–H and O–H groups in total. The van der Waals surface area contributed by atoms with Crippen molar-refractivity contribution in [3.8, 4) is 0 Å². The van der Waals surface area contributed by atoms with Crippen LogP contribution in [-0.2, 0) is 4.74 Å². The number of rotatable bonds is 3. The lowest BCUT2D eigenvalue weighted by Gasteiger charge is -2.30. The second kappa shape index (κ2) is 5.23. The Labute approximate surface area is 87.4 Å².